The molecule has 1 N–H and O–H groups in total. The third-order valence-corrected chi connectivity index (χ3v) is 3.64. The predicted molar refractivity (Wildman–Crippen MR) is 47.9 cm³/mol. The fourth-order valence-corrected chi connectivity index (χ4v) is 2.88. The minimum atomic E-state index is -4.24. The highest BCUT2D eigenvalue weighted by Gasteiger charge is 2.49. The number of aliphatic hydroxyl groups excluding tert-OH is 1. The zero-order valence-corrected chi connectivity index (χ0v) is 9.42. The molecule has 2 unspecified atom stereocenters. The lowest BCUT2D eigenvalue weighted by Crippen LogP contribution is -2.41. The molecule has 2 rings (SSSR count). The van der Waals surface area contributed by atoms with Crippen molar-refractivity contribution < 1.29 is 28.3 Å². The summed E-state index contributed by atoms with van der Waals surface area (Å²) < 4.78 is 25.7. The van der Waals surface area contributed by atoms with Gasteiger partial charge in [0.15, 0.2) is 0 Å². The number of phosphoric ester groups is 1. The highest BCUT2D eigenvalue weighted by molar-refractivity contribution is 7.45. The lowest BCUT2D eigenvalue weighted by molar-refractivity contribution is -0.245. The summed E-state index contributed by atoms with van der Waals surface area (Å²) in [7, 11) is -4.24. The Morgan fingerprint density at radius 3 is 2.80 bits per heavy atom. The van der Waals surface area contributed by atoms with Gasteiger partial charge >= 0.3 is 0 Å². The minimum Gasteiger partial charge on any atom is -0.756 e. The molecular formula is C8H14O6P-. The van der Waals surface area contributed by atoms with Crippen LogP contribution in [0.5, 0.6) is 0 Å². The van der Waals surface area contributed by atoms with Crippen LogP contribution in [0.15, 0.2) is 0 Å². The summed E-state index contributed by atoms with van der Waals surface area (Å²) >= 11 is 0. The summed E-state index contributed by atoms with van der Waals surface area (Å²) in [5.74, 6) is 0.0974. The minimum absolute atomic E-state index is 0.0777. The van der Waals surface area contributed by atoms with Crippen molar-refractivity contribution in [2.45, 2.75) is 38.3 Å². The van der Waals surface area contributed by atoms with Gasteiger partial charge in [-0.1, -0.05) is 13.8 Å². The van der Waals surface area contributed by atoms with E-state index in [0.717, 1.165) is 0 Å². The number of hydrogen-bond donors (Lipinski definition) is 1. The second-order valence-corrected chi connectivity index (χ2v) is 5.55. The average molecular weight is 237 g/mol. The molecule has 6 nitrogen and oxygen atoms in total. The van der Waals surface area contributed by atoms with Crippen LogP contribution in [0.2, 0.25) is 0 Å². The fourth-order valence-electron chi connectivity index (χ4n) is 1.93. The largest absolute Gasteiger partial charge is 0.756 e. The van der Waals surface area contributed by atoms with Crippen LogP contribution < -0.4 is 4.89 Å². The number of fused-ring (bicyclic) bond motifs is 1. The standard InChI is InChI=1S/C8H15O6P/c1-4(2)7-6(9)8-5(13-7)3-12-15(10,11)14-8/h4-9H,3H2,1-2H3,(H,10,11)/p-1/t5-,6-,7+,8?/m1/s1. The van der Waals surface area contributed by atoms with Gasteiger partial charge in [-0.05, 0) is 5.92 Å². The molecule has 2 saturated heterocycles. The van der Waals surface area contributed by atoms with Crippen LogP contribution in [0.1, 0.15) is 13.8 Å². The zero-order chi connectivity index (χ0) is 11.2. The van der Waals surface area contributed by atoms with Crippen LogP contribution in [0, 0.1) is 5.92 Å². The van der Waals surface area contributed by atoms with E-state index in [9.17, 15) is 14.6 Å². The van der Waals surface area contributed by atoms with Crippen LogP contribution in [-0.4, -0.2) is 36.1 Å². The molecule has 2 aliphatic rings. The van der Waals surface area contributed by atoms with E-state index in [1.54, 1.807) is 0 Å². The molecule has 88 valence electrons. The van der Waals surface area contributed by atoms with Gasteiger partial charge in [0.05, 0.1) is 12.7 Å². The molecule has 2 aliphatic heterocycles. The molecule has 15 heavy (non-hydrogen) atoms. The lowest BCUT2D eigenvalue weighted by atomic mass is 10.00. The summed E-state index contributed by atoms with van der Waals surface area (Å²) in [5, 5.41) is 9.82. The van der Waals surface area contributed by atoms with Crippen molar-refractivity contribution in [2.24, 2.45) is 5.92 Å². The molecule has 0 aromatic carbocycles. The van der Waals surface area contributed by atoms with Crippen molar-refractivity contribution in [2.75, 3.05) is 6.61 Å². The average Bonchev–Trinajstić information content (AvgIpc) is 2.42. The van der Waals surface area contributed by atoms with Gasteiger partial charge in [0.1, 0.15) is 18.3 Å². The maximum absolute atomic E-state index is 11.0. The van der Waals surface area contributed by atoms with Gasteiger partial charge in [-0.25, -0.2) is 0 Å². The first kappa shape index (κ1) is 11.5. The summed E-state index contributed by atoms with van der Waals surface area (Å²) in [4.78, 5) is 11.0. The highest BCUT2D eigenvalue weighted by atomic mass is 31.2. The topological polar surface area (TPSA) is 88.1 Å². The molecule has 0 amide bonds. The van der Waals surface area contributed by atoms with Crippen molar-refractivity contribution in [3.8, 4) is 0 Å². The first-order valence-electron chi connectivity index (χ1n) is 4.88. The molecule has 2 fully saturated rings. The molecule has 0 radical (unpaired) electrons. The second kappa shape index (κ2) is 3.80. The molecule has 0 aliphatic carbocycles. The molecule has 0 spiro atoms. The third kappa shape index (κ3) is 2.11. The molecule has 0 aromatic heterocycles. The first-order valence-corrected chi connectivity index (χ1v) is 6.34. The van der Waals surface area contributed by atoms with Gasteiger partial charge in [-0.2, -0.15) is 0 Å². The molecule has 7 heteroatoms. The normalized spacial score (nSPS) is 50.7. The van der Waals surface area contributed by atoms with Gasteiger partial charge in [0.2, 0.25) is 0 Å². The van der Waals surface area contributed by atoms with Crippen molar-refractivity contribution in [3.63, 3.8) is 0 Å². The molecule has 2 heterocycles. The van der Waals surface area contributed by atoms with Crippen LogP contribution in [0.25, 0.3) is 0 Å². The van der Waals surface area contributed by atoms with Gasteiger partial charge in [-0.15, -0.1) is 0 Å². The predicted octanol–water partition coefficient (Wildman–Crippen LogP) is -0.346. The van der Waals surface area contributed by atoms with E-state index in [0.29, 0.717) is 0 Å². The van der Waals surface area contributed by atoms with E-state index in [1.165, 1.54) is 0 Å². The Balaban J connectivity index is 2.12. The summed E-state index contributed by atoms with van der Waals surface area (Å²) in [6, 6.07) is 0. The maximum Gasteiger partial charge on any atom is 0.268 e. The van der Waals surface area contributed by atoms with Crippen LogP contribution in [0.3, 0.4) is 0 Å². The van der Waals surface area contributed by atoms with Crippen LogP contribution in [0.4, 0.5) is 0 Å². The van der Waals surface area contributed by atoms with Crippen molar-refractivity contribution >= 4 is 7.82 Å². The Morgan fingerprint density at radius 2 is 2.20 bits per heavy atom. The monoisotopic (exact) mass is 237 g/mol. The van der Waals surface area contributed by atoms with Gasteiger partial charge in [0, 0.05) is 0 Å². The van der Waals surface area contributed by atoms with Crippen LogP contribution in [-0.2, 0) is 18.3 Å². The number of rotatable bonds is 1. The summed E-state index contributed by atoms with van der Waals surface area (Å²) in [5.41, 5.74) is 0. The zero-order valence-electron chi connectivity index (χ0n) is 8.53. The van der Waals surface area contributed by atoms with Crippen LogP contribution >= 0.6 is 7.82 Å². The van der Waals surface area contributed by atoms with E-state index in [1.807, 2.05) is 13.8 Å². The lowest BCUT2D eigenvalue weighted by Gasteiger charge is -2.34. The summed E-state index contributed by atoms with van der Waals surface area (Å²) in [6.07, 6.45) is -2.64. The van der Waals surface area contributed by atoms with E-state index >= 15 is 0 Å². The highest BCUT2D eigenvalue weighted by Crippen LogP contribution is 2.48. The molecule has 0 bridgehead atoms. The Morgan fingerprint density at radius 1 is 1.53 bits per heavy atom. The quantitative estimate of drug-likeness (QED) is 0.627. The van der Waals surface area contributed by atoms with Gasteiger partial charge in [-0.3, -0.25) is 4.57 Å². The number of phosphoric acid groups is 1. The van der Waals surface area contributed by atoms with E-state index in [4.69, 9.17) is 9.26 Å². The number of ether oxygens (including phenoxy) is 1. The Hall–Kier alpha value is 0.0300. The maximum atomic E-state index is 11.0. The Bertz CT molecular complexity index is 293. The Labute approximate surface area is 87.8 Å². The van der Waals surface area contributed by atoms with E-state index < -0.39 is 32.2 Å². The van der Waals surface area contributed by atoms with Gasteiger partial charge < -0.3 is 23.8 Å². The number of hydrogen-bond acceptors (Lipinski definition) is 6. The number of aliphatic hydroxyl groups is 1. The molecule has 5 atom stereocenters. The molecule has 0 aromatic rings. The summed E-state index contributed by atoms with van der Waals surface area (Å²) in [6.45, 7) is 3.71. The van der Waals surface area contributed by atoms with E-state index in [-0.39, 0.29) is 12.5 Å². The second-order valence-electron chi connectivity index (χ2n) is 4.19. The SMILES string of the molecule is CC(C)[C@@H]1O[C@@H]2COP(=O)([O-])OC2[C@@H]1O. The van der Waals surface area contributed by atoms with Crippen molar-refractivity contribution in [1.29, 1.82) is 0 Å². The molecule has 0 saturated carbocycles. The van der Waals surface area contributed by atoms with Crippen molar-refractivity contribution in [1.82, 2.24) is 0 Å². The first-order chi connectivity index (χ1) is 6.91. The smallest absolute Gasteiger partial charge is 0.268 e. The fraction of sp³-hybridized carbons (Fsp3) is 1.00. The van der Waals surface area contributed by atoms with Crippen molar-refractivity contribution in [3.05, 3.63) is 0 Å². The Kier molecular flexibility index (Phi) is 2.92. The van der Waals surface area contributed by atoms with E-state index in [2.05, 4.69) is 4.52 Å². The third-order valence-electron chi connectivity index (χ3n) is 2.68. The van der Waals surface area contributed by atoms with Gasteiger partial charge in [0.25, 0.3) is 7.82 Å². The molecular weight excluding hydrogens is 223 g/mol.